The molecule has 1 fully saturated rings. The van der Waals surface area contributed by atoms with Crippen molar-refractivity contribution >= 4 is 39.6 Å². The topological polar surface area (TPSA) is 105 Å². The molecule has 0 saturated carbocycles. The van der Waals surface area contributed by atoms with E-state index in [4.69, 9.17) is 0 Å². The number of anilines is 3. The zero-order chi connectivity index (χ0) is 27.6. The summed E-state index contributed by atoms with van der Waals surface area (Å²) >= 11 is 1.40. The highest BCUT2D eigenvalue weighted by Gasteiger charge is 2.17. The summed E-state index contributed by atoms with van der Waals surface area (Å²) in [4.78, 5) is 24.1. The second-order valence-electron chi connectivity index (χ2n) is 9.85. The molecular formula is C27H27F2N9OS. The molecule has 1 aliphatic rings. The van der Waals surface area contributed by atoms with Crippen LogP contribution in [0.1, 0.15) is 30.7 Å². The zero-order valence-corrected chi connectivity index (χ0v) is 22.6. The number of piperidine rings is 1. The van der Waals surface area contributed by atoms with Crippen molar-refractivity contribution in [3.8, 4) is 11.3 Å². The predicted octanol–water partition coefficient (Wildman–Crippen LogP) is 5.00. The van der Waals surface area contributed by atoms with Gasteiger partial charge in [-0.15, -0.1) is 0 Å². The van der Waals surface area contributed by atoms with Crippen molar-refractivity contribution in [2.24, 2.45) is 0 Å². The second-order valence-corrected chi connectivity index (χ2v) is 10.7. The Morgan fingerprint density at radius 1 is 1.05 bits per heavy atom. The van der Waals surface area contributed by atoms with Gasteiger partial charge in [0.2, 0.25) is 5.91 Å². The highest BCUT2D eigenvalue weighted by molar-refractivity contribution is 7.10. The number of aromatic nitrogens is 6. The number of carbonyl (C=O) groups is 1. The Balaban J connectivity index is 1.17. The normalized spacial score (nSPS) is 14.1. The largest absolute Gasteiger partial charge is 0.328 e. The molecule has 1 aromatic carbocycles. The van der Waals surface area contributed by atoms with Crippen LogP contribution < -0.4 is 10.6 Å². The fourth-order valence-corrected chi connectivity index (χ4v) is 5.53. The quantitative estimate of drug-likeness (QED) is 0.274. The lowest BCUT2D eigenvalue weighted by Crippen LogP contribution is -2.29. The van der Waals surface area contributed by atoms with Gasteiger partial charge in [-0.25, -0.2) is 18.7 Å². The Morgan fingerprint density at radius 3 is 2.65 bits per heavy atom. The van der Waals surface area contributed by atoms with Crippen molar-refractivity contribution in [3.63, 3.8) is 0 Å². The molecule has 0 bridgehead atoms. The number of fused-ring (bicyclic) bond motifs is 1. The molecule has 4 aromatic heterocycles. The summed E-state index contributed by atoms with van der Waals surface area (Å²) in [5.41, 5.74) is 4.04. The number of hydrogen-bond acceptors (Lipinski definition) is 8. The Hall–Kier alpha value is -4.23. The maximum absolute atomic E-state index is 13.4. The van der Waals surface area contributed by atoms with Crippen molar-refractivity contribution in [1.82, 2.24) is 33.4 Å². The second kappa shape index (κ2) is 11.1. The summed E-state index contributed by atoms with van der Waals surface area (Å²) in [6.45, 7) is 4.86. The summed E-state index contributed by atoms with van der Waals surface area (Å²) in [5.74, 6) is -1.38. The molecule has 1 aliphatic heterocycles. The minimum atomic E-state index is -0.767. The van der Waals surface area contributed by atoms with Crippen molar-refractivity contribution < 1.29 is 13.6 Å². The summed E-state index contributed by atoms with van der Waals surface area (Å²) in [5, 5.41) is 11.1. The molecule has 5 heterocycles. The van der Waals surface area contributed by atoms with E-state index in [0.29, 0.717) is 11.5 Å². The third-order valence-corrected chi connectivity index (χ3v) is 7.37. The standard InChI is InChI=1S/C27H27F2N9OS/c1-17-13-38-23(18-11-31-37(14-18)16-24(39)33-21-8-19(28)7-20(29)9-21)12-30-27(38)26(32-17)34-25-10-22(35-40-25)15-36-5-3-2-4-6-36/h7-14H,2-6,15-16H2,1H3,(H,32,34)(H,33,39). The van der Waals surface area contributed by atoms with Gasteiger partial charge in [-0.1, -0.05) is 6.42 Å². The van der Waals surface area contributed by atoms with Gasteiger partial charge < -0.3 is 10.6 Å². The van der Waals surface area contributed by atoms with E-state index in [9.17, 15) is 13.6 Å². The molecule has 0 aliphatic carbocycles. The Morgan fingerprint density at radius 2 is 1.85 bits per heavy atom. The summed E-state index contributed by atoms with van der Waals surface area (Å²) < 4.78 is 34.9. The van der Waals surface area contributed by atoms with E-state index >= 15 is 0 Å². The number of halogens is 2. The SMILES string of the molecule is Cc1cn2c(-c3cnn(CC(=O)Nc4cc(F)cc(F)c4)c3)cnc2c(Nc2cc(CN3CCCCC3)ns2)n1. The Kier molecular flexibility index (Phi) is 7.22. The molecule has 10 nitrogen and oxygen atoms in total. The van der Waals surface area contributed by atoms with E-state index < -0.39 is 17.5 Å². The molecule has 40 heavy (non-hydrogen) atoms. The number of imidazole rings is 1. The minimum Gasteiger partial charge on any atom is -0.328 e. The summed E-state index contributed by atoms with van der Waals surface area (Å²) in [6, 6.07) is 4.92. The average Bonchev–Trinajstić information content (AvgIpc) is 3.64. The van der Waals surface area contributed by atoms with Crippen LogP contribution in [0, 0.1) is 18.6 Å². The lowest BCUT2D eigenvalue weighted by Gasteiger charge is -2.25. The van der Waals surface area contributed by atoms with E-state index in [-0.39, 0.29) is 12.2 Å². The van der Waals surface area contributed by atoms with Crippen molar-refractivity contribution in [1.29, 1.82) is 0 Å². The van der Waals surface area contributed by atoms with Gasteiger partial charge in [0.05, 0.1) is 29.5 Å². The summed E-state index contributed by atoms with van der Waals surface area (Å²) in [7, 11) is 0. The number of aryl methyl sites for hydroxylation is 1. The van der Waals surface area contributed by atoms with Crippen LogP contribution in [-0.4, -0.2) is 52.4 Å². The fourth-order valence-electron chi connectivity index (χ4n) is 4.87. The monoisotopic (exact) mass is 563 g/mol. The van der Waals surface area contributed by atoms with Crippen LogP contribution in [0.25, 0.3) is 16.9 Å². The number of likely N-dealkylation sites (tertiary alicyclic amines) is 1. The molecular weight excluding hydrogens is 536 g/mol. The number of nitrogens with zero attached hydrogens (tertiary/aromatic N) is 7. The van der Waals surface area contributed by atoms with Gasteiger partial charge in [-0.2, -0.15) is 9.47 Å². The van der Waals surface area contributed by atoms with Crippen molar-refractivity contribution in [2.75, 3.05) is 23.7 Å². The maximum Gasteiger partial charge on any atom is 0.246 e. The van der Waals surface area contributed by atoms with Gasteiger partial charge in [0, 0.05) is 36.3 Å². The maximum atomic E-state index is 13.4. The van der Waals surface area contributed by atoms with Crippen molar-refractivity contribution in [2.45, 2.75) is 39.3 Å². The Labute approximate surface area is 232 Å². The molecule has 0 atom stereocenters. The van der Waals surface area contributed by atoms with Gasteiger partial charge in [0.25, 0.3) is 0 Å². The highest BCUT2D eigenvalue weighted by Crippen LogP contribution is 2.28. The molecule has 0 unspecified atom stereocenters. The van der Waals surface area contributed by atoms with Gasteiger partial charge in [-0.05, 0) is 62.6 Å². The highest BCUT2D eigenvalue weighted by atomic mass is 32.1. The molecule has 6 rings (SSSR count). The molecule has 13 heteroatoms. The molecule has 0 spiro atoms. The Bertz CT molecular complexity index is 1650. The molecule has 1 saturated heterocycles. The van der Waals surface area contributed by atoms with Crippen LogP contribution in [0.2, 0.25) is 0 Å². The first kappa shape index (κ1) is 26.0. The smallest absolute Gasteiger partial charge is 0.246 e. The van der Waals surface area contributed by atoms with E-state index in [2.05, 4.69) is 41.0 Å². The fraction of sp³-hybridized carbons (Fsp3) is 0.296. The van der Waals surface area contributed by atoms with Gasteiger partial charge in [0.15, 0.2) is 11.5 Å². The minimum absolute atomic E-state index is 0.0409. The summed E-state index contributed by atoms with van der Waals surface area (Å²) in [6.07, 6.45) is 10.8. The van der Waals surface area contributed by atoms with E-state index in [1.807, 2.05) is 17.5 Å². The number of hydrogen-bond donors (Lipinski definition) is 2. The zero-order valence-electron chi connectivity index (χ0n) is 21.8. The third kappa shape index (κ3) is 5.84. The first-order valence-corrected chi connectivity index (χ1v) is 13.8. The van der Waals surface area contributed by atoms with Crippen LogP contribution in [-0.2, 0) is 17.9 Å². The number of amides is 1. The third-order valence-electron chi connectivity index (χ3n) is 6.63. The average molecular weight is 564 g/mol. The van der Waals surface area contributed by atoms with Gasteiger partial charge >= 0.3 is 0 Å². The van der Waals surface area contributed by atoms with Crippen LogP contribution in [0.15, 0.2) is 49.1 Å². The van der Waals surface area contributed by atoms with E-state index in [1.165, 1.54) is 35.5 Å². The molecule has 2 N–H and O–H groups in total. The van der Waals surface area contributed by atoms with Crippen molar-refractivity contribution in [3.05, 3.63) is 72.1 Å². The first-order valence-electron chi connectivity index (χ1n) is 13.0. The van der Waals surface area contributed by atoms with E-state index in [1.54, 1.807) is 18.6 Å². The van der Waals surface area contributed by atoms with Crippen LogP contribution in [0.3, 0.4) is 0 Å². The van der Waals surface area contributed by atoms with Crippen LogP contribution >= 0.6 is 11.5 Å². The van der Waals surface area contributed by atoms with Crippen LogP contribution in [0.4, 0.5) is 25.3 Å². The lowest BCUT2D eigenvalue weighted by atomic mass is 10.1. The lowest BCUT2D eigenvalue weighted by molar-refractivity contribution is -0.116. The molecule has 1 amide bonds. The van der Waals surface area contributed by atoms with E-state index in [0.717, 1.165) is 65.5 Å². The number of nitrogens with one attached hydrogen (secondary N) is 2. The number of benzene rings is 1. The predicted molar refractivity (Wildman–Crippen MR) is 148 cm³/mol. The number of rotatable bonds is 8. The van der Waals surface area contributed by atoms with Crippen LogP contribution in [0.5, 0.6) is 0 Å². The van der Waals surface area contributed by atoms with Gasteiger partial charge in [0.1, 0.15) is 23.2 Å². The molecule has 206 valence electrons. The number of carbonyl (C=O) groups excluding carboxylic acids is 1. The van der Waals surface area contributed by atoms with Gasteiger partial charge in [-0.3, -0.25) is 18.8 Å². The molecule has 0 radical (unpaired) electrons. The first-order chi connectivity index (χ1) is 19.4. The molecule has 5 aromatic rings.